The Balaban J connectivity index is 1.44. The number of nitrogens with zero attached hydrogens (tertiary/aromatic N) is 3. The van der Waals surface area contributed by atoms with Gasteiger partial charge in [-0.1, -0.05) is 71.7 Å². The highest BCUT2D eigenvalue weighted by molar-refractivity contribution is 14.1. The van der Waals surface area contributed by atoms with E-state index in [1.807, 2.05) is 72.8 Å². The molecule has 0 aliphatic heterocycles. The molecule has 0 saturated carbocycles. The van der Waals surface area contributed by atoms with Crippen LogP contribution in [0, 0.1) is 3.57 Å². The van der Waals surface area contributed by atoms with Crippen LogP contribution < -0.4 is 10.3 Å². The van der Waals surface area contributed by atoms with Crippen LogP contribution in [-0.4, -0.2) is 15.9 Å². The van der Waals surface area contributed by atoms with Crippen molar-refractivity contribution in [3.63, 3.8) is 0 Å². The predicted molar refractivity (Wildman–Crippen MR) is 154 cm³/mol. The van der Waals surface area contributed by atoms with E-state index in [-0.39, 0.29) is 5.56 Å². The second kappa shape index (κ2) is 10.8. The van der Waals surface area contributed by atoms with Crippen LogP contribution in [0.25, 0.3) is 22.3 Å². The summed E-state index contributed by atoms with van der Waals surface area (Å²) in [6.45, 7) is 0.360. The molecular formula is C28H18Cl2IN3O2. The lowest BCUT2D eigenvalue weighted by Gasteiger charge is -2.10. The Kier molecular flexibility index (Phi) is 7.36. The van der Waals surface area contributed by atoms with Gasteiger partial charge in [-0.2, -0.15) is 9.78 Å². The van der Waals surface area contributed by atoms with Crippen LogP contribution in [0.5, 0.6) is 5.75 Å². The second-order valence-corrected chi connectivity index (χ2v) is 9.88. The molecule has 178 valence electrons. The molecule has 36 heavy (non-hydrogen) atoms. The van der Waals surface area contributed by atoms with E-state index in [4.69, 9.17) is 32.9 Å². The number of rotatable bonds is 6. The first-order chi connectivity index (χ1) is 17.5. The fraction of sp³-hybridized carbons (Fsp3) is 0.0357. The van der Waals surface area contributed by atoms with Crippen molar-refractivity contribution in [2.24, 2.45) is 5.10 Å². The molecule has 0 atom stereocenters. The van der Waals surface area contributed by atoms with E-state index >= 15 is 0 Å². The molecule has 0 aliphatic carbocycles. The van der Waals surface area contributed by atoms with Crippen LogP contribution >= 0.6 is 45.8 Å². The minimum Gasteiger partial charge on any atom is -0.488 e. The van der Waals surface area contributed by atoms with E-state index in [9.17, 15) is 4.79 Å². The molecule has 0 N–H and O–H groups in total. The molecule has 5 aromatic rings. The lowest BCUT2D eigenvalue weighted by molar-refractivity contribution is 0.304. The van der Waals surface area contributed by atoms with Crippen molar-refractivity contribution in [2.75, 3.05) is 0 Å². The zero-order valence-electron chi connectivity index (χ0n) is 18.7. The zero-order chi connectivity index (χ0) is 25.1. The number of halogens is 3. The maximum atomic E-state index is 13.3. The van der Waals surface area contributed by atoms with Gasteiger partial charge in [0, 0.05) is 5.56 Å². The molecule has 0 radical (unpaired) electrons. The van der Waals surface area contributed by atoms with Crippen LogP contribution in [0.4, 0.5) is 0 Å². The Morgan fingerprint density at radius 2 is 1.69 bits per heavy atom. The number of aromatic nitrogens is 2. The van der Waals surface area contributed by atoms with E-state index in [2.05, 4.69) is 27.7 Å². The molecule has 0 bridgehead atoms. The summed E-state index contributed by atoms with van der Waals surface area (Å²) in [7, 11) is 0. The largest absolute Gasteiger partial charge is 0.488 e. The minimum absolute atomic E-state index is 0.230. The molecule has 1 aromatic heterocycles. The van der Waals surface area contributed by atoms with Crippen LogP contribution in [0.1, 0.15) is 11.1 Å². The maximum absolute atomic E-state index is 13.3. The Morgan fingerprint density at radius 1 is 0.917 bits per heavy atom. The highest BCUT2D eigenvalue weighted by atomic mass is 127. The normalized spacial score (nSPS) is 11.3. The number of hydrogen-bond acceptors (Lipinski definition) is 4. The lowest BCUT2D eigenvalue weighted by atomic mass is 10.2. The average Bonchev–Trinajstić information content (AvgIpc) is 2.90. The first kappa shape index (κ1) is 24.5. The van der Waals surface area contributed by atoms with Gasteiger partial charge in [0.15, 0.2) is 5.82 Å². The third-order valence-corrected chi connectivity index (χ3v) is 7.02. The van der Waals surface area contributed by atoms with Gasteiger partial charge in [0.05, 0.1) is 30.7 Å². The Morgan fingerprint density at radius 3 is 2.47 bits per heavy atom. The van der Waals surface area contributed by atoms with Gasteiger partial charge < -0.3 is 4.74 Å². The predicted octanol–water partition coefficient (Wildman–Crippen LogP) is 7.44. The molecule has 0 amide bonds. The maximum Gasteiger partial charge on any atom is 0.282 e. The lowest BCUT2D eigenvalue weighted by Crippen LogP contribution is -2.20. The summed E-state index contributed by atoms with van der Waals surface area (Å²) in [4.78, 5) is 18.0. The van der Waals surface area contributed by atoms with Gasteiger partial charge in [-0.3, -0.25) is 4.79 Å². The van der Waals surface area contributed by atoms with Crippen LogP contribution in [0.2, 0.25) is 10.0 Å². The molecule has 5 rings (SSSR count). The van der Waals surface area contributed by atoms with Gasteiger partial charge >= 0.3 is 0 Å². The summed E-state index contributed by atoms with van der Waals surface area (Å²) < 4.78 is 8.21. The van der Waals surface area contributed by atoms with Crippen LogP contribution in [0.3, 0.4) is 0 Å². The van der Waals surface area contributed by atoms with Crippen molar-refractivity contribution in [2.45, 2.75) is 6.61 Å². The smallest absolute Gasteiger partial charge is 0.282 e. The first-order valence-electron chi connectivity index (χ1n) is 11.0. The summed E-state index contributed by atoms with van der Waals surface area (Å²) in [5.74, 6) is 1.21. The molecule has 5 nitrogen and oxygen atoms in total. The van der Waals surface area contributed by atoms with Crippen molar-refractivity contribution in [3.8, 4) is 17.1 Å². The van der Waals surface area contributed by atoms with Gasteiger partial charge in [-0.05, 0) is 76.2 Å². The van der Waals surface area contributed by atoms with Crippen molar-refractivity contribution >= 4 is 62.9 Å². The molecule has 0 spiro atoms. The summed E-state index contributed by atoms with van der Waals surface area (Å²) in [5.41, 5.74) is 2.94. The molecule has 0 saturated heterocycles. The number of hydrogen-bond donors (Lipinski definition) is 0. The Labute approximate surface area is 231 Å². The van der Waals surface area contributed by atoms with Gasteiger partial charge in [0.1, 0.15) is 12.4 Å². The van der Waals surface area contributed by atoms with Crippen molar-refractivity contribution in [1.29, 1.82) is 0 Å². The SMILES string of the molecule is O=c1c2ccccc2nc(-c2ccccc2)n1N=Cc1ccc(OCc2ccc(Cl)c(Cl)c2)c(I)c1. The topological polar surface area (TPSA) is 56.5 Å². The molecule has 1 heterocycles. The van der Waals surface area contributed by atoms with E-state index in [1.54, 1.807) is 24.4 Å². The van der Waals surface area contributed by atoms with Gasteiger partial charge in [-0.25, -0.2) is 4.98 Å². The highest BCUT2D eigenvalue weighted by Gasteiger charge is 2.12. The monoisotopic (exact) mass is 625 g/mol. The highest BCUT2D eigenvalue weighted by Crippen LogP contribution is 2.26. The van der Waals surface area contributed by atoms with Gasteiger partial charge in [0.25, 0.3) is 5.56 Å². The molecule has 0 unspecified atom stereocenters. The summed E-state index contributed by atoms with van der Waals surface area (Å²) >= 11 is 14.3. The molecule has 8 heteroatoms. The number of ether oxygens (including phenoxy) is 1. The van der Waals surface area contributed by atoms with Crippen LogP contribution in [0.15, 0.2) is 101 Å². The fourth-order valence-electron chi connectivity index (χ4n) is 3.63. The van der Waals surface area contributed by atoms with E-state index in [0.717, 1.165) is 26.0 Å². The summed E-state index contributed by atoms with van der Waals surface area (Å²) in [6, 6.07) is 27.9. The molecule has 0 aliphatic rings. The summed E-state index contributed by atoms with van der Waals surface area (Å²) in [5, 5.41) is 6.04. The average molecular weight is 626 g/mol. The third-order valence-electron chi connectivity index (χ3n) is 5.44. The van der Waals surface area contributed by atoms with Crippen molar-refractivity contribution in [1.82, 2.24) is 9.66 Å². The second-order valence-electron chi connectivity index (χ2n) is 7.91. The summed E-state index contributed by atoms with van der Waals surface area (Å²) in [6.07, 6.45) is 1.65. The zero-order valence-corrected chi connectivity index (χ0v) is 22.4. The van der Waals surface area contributed by atoms with E-state index < -0.39 is 0 Å². The Bertz CT molecular complexity index is 1650. The van der Waals surface area contributed by atoms with Crippen molar-refractivity contribution < 1.29 is 4.74 Å². The molecule has 0 fully saturated rings. The Hall–Kier alpha value is -3.20. The first-order valence-corrected chi connectivity index (χ1v) is 12.8. The number of fused-ring (bicyclic) bond motifs is 1. The van der Waals surface area contributed by atoms with E-state index in [0.29, 0.717) is 33.4 Å². The molecule has 4 aromatic carbocycles. The van der Waals surface area contributed by atoms with E-state index in [1.165, 1.54) is 4.68 Å². The number of para-hydroxylation sites is 1. The number of benzene rings is 4. The standard InChI is InChI=1S/C28H18Cl2IN3O2/c29-22-12-10-19(14-23(22)30)17-36-26-13-11-18(15-24(26)31)16-32-34-27(20-6-2-1-3-7-20)33-25-9-5-4-8-21(25)28(34)35/h1-16H,17H2. The third kappa shape index (κ3) is 5.31. The fourth-order valence-corrected chi connectivity index (χ4v) is 4.65. The minimum atomic E-state index is -0.230. The van der Waals surface area contributed by atoms with Crippen LogP contribution in [-0.2, 0) is 6.61 Å². The molecular weight excluding hydrogens is 608 g/mol. The van der Waals surface area contributed by atoms with Crippen molar-refractivity contribution in [3.05, 3.63) is 126 Å². The van der Waals surface area contributed by atoms with Gasteiger partial charge in [0.2, 0.25) is 0 Å². The quantitative estimate of drug-likeness (QED) is 0.146. The van der Waals surface area contributed by atoms with Gasteiger partial charge in [-0.15, -0.1) is 0 Å².